The molecule has 6 bridgehead atoms. The minimum absolute atomic E-state index is 0.0987. The van der Waals surface area contributed by atoms with Gasteiger partial charge in [-0.2, -0.15) is 0 Å². The lowest BCUT2D eigenvalue weighted by atomic mass is 9.61. The summed E-state index contributed by atoms with van der Waals surface area (Å²) in [7, 11) is 2.88. The van der Waals surface area contributed by atoms with Gasteiger partial charge in [-0.3, -0.25) is 0 Å². The largest absolute Gasteiger partial charge is 0.373 e. The van der Waals surface area contributed by atoms with Crippen molar-refractivity contribution in [2.75, 3.05) is 14.2 Å². The van der Waals surface area contributed by atoms with Gasteiger partial charge in [-0.1, -0.05) is 69.6 Å². The molecule has 0 amide bonds. The van der Waals surface area contributed by atoms with Gasteiger partial charge in [0.25, 0.3) is 0 Å². The van der Waals surface area contributed by atoms with Crippen LogP contribution in [0.2, 0.25) is 0 Å². The monoisotopic (exact) mass is 626 g/mol. The highest BCUT2D eigenvalue weighted by molar-refractivity contribution is 6.65. The molecule has 0 spiro atoms. The van der Waals surface area contributed by atoms with Crippen molar-refractivity contribution in [1.82, 2.24) is 0 Å². The smallest absolute Gasteiger partial charge is 0.217 e. The molecule has 3 nitrogen and oxygen atoms in total. The van der Waals surface area contributed by atoms with Crippen LogP contribution in [0.3, 0.4) is 0 Å². The van der Waals surface area contributed by atoms with E-state index in [1.54, 1.807) is 0 Å². The van der Waals surface area contributed by atoms with E-state index in [0.29, 0.717) is 0 Å². The summed E-state index contributed by atoms with van der Waals surface area (Å²) in [6.07, 6.45) is -1.23. The predicted octanol–water partition coefficient (Wildman–Crippen LogP) is 6.74. The van der Waals surface area contributed by atoms with Crippen molar-refractivity contribution in [2.45, 2.75) is 41.8 Å². The van der Waals surface area contributed by atoms with E-state index in [1.165, 1.54) is 14.2 Å². The van der Waals surface area contributed by atoms with E-state index in [0.717, 1.165) is 0 Å². The number of ether oxygens (including phenoxy) is 3. The first-order valence-electron chi connectivity index (χ1n) is 9.24. The van der Waals surface area contributed by atoms with Crippen molar-refractivity contribution in [2.24, 2.45) is 23.7 Å². The SMILES string of the molecule is COC1(OC)[C@@]2(Cl)C(Cl)=C(Cl)[C@]1(Cl)[C@@H]1[C@@H]3O[C@H]([C@@H]12)[C@@H]1[C@H]3[C@]2(Cl)C(Cl)=C(Cl)[C@@]1(Cl)C2(Cl)Cl. The topological polar surface area (TPSA) is 27.7 Å². The zero-order chi connectivity index (χ0) is 22.9. The minimum atomic E-state index is -1.70. The lowest BCUT2D eigenvalue weighted by Crippen LogP contribution is -2.59. The Labute approximate surface area is 228 Å². The second-order valence-corrected chi connectivity index (χ2v) is 14.1. The van der Waals surface area contributed by atoms with E-state index in [-0.39, 0.29) is 20.1 Å². The summed E-state index contributed by atoms with van der Waals surface area (Å²) in [6.45, 7) is 0. The molecule has 2 saturated heterocycles. The average Bonchev–Trinajstić information content (AvgIpc) is 3.43. The van der Waals surface area contributed by atoms with Gasteiger partial charge in [0.05, 0.1) is 32.3 Å². The maximum Gasteiger partial charge on any atom is 0.217 e. The summed E-state index contributed by atoms with van der Waals surface area (Å²) >= 11 is 68.8. The van der Waals surface area contributed by atoms with Crippen molar-refractivity contribution < 1.29 is 14.2 Å². The number of rotatable bonds is 2. The normalized spacial score (nSPS) is 59.2. The number of hydrogen-bond donors (Lipinski definition) is 0. The standard InChI is InChI=1S/C18H12Cl10O3/c1-29-18(30-2)15(25)5-6(16(18,26)12(22)11(15)21)8-4-3(7(5)31-8)13(23)9(19)10(20)14(4,24)17(13,27)28/h3-8H,1-2H3/t3-,4+,5+,6-,7-,8+,13+,14-,15-,16+. The molecule has 2 saturated carbocycles. The Hall–Kier alpha value is 2.26. The molecule has 6 rings (SSSR count). The Kier molecular flexibility index (Phi) is 4.74. The van der Waals surface area contributed by atoms with Crippen molar-refractivity contribution in [3.63, 3.8) is 0 Å². The third-order valence-electron chi connectivity index (χ3n) is 8.45. The van der Waals surface area contributed by atoms with Gasteiger partial charge >= 0.3 is 0 Å². The van der Waals surface area contributed by atoms with Gasteiger partial charge in [0.15, 0.2) is 4.33 Å². The molecular formula is C18H12Cl10O3. The summed E-state index contributed by atoms with van der Waals surface area (Å²) in [4.78, 5) is -5.91. The lowest BCUT2D eigenvalue weighted by molar-refractivity contribution is -0.226. The Morgan fingerprint density at radius 2 is 0.871 bits per heavy atom. The third kappa shape index (κ3) is 1.80. The first-order valence-corrected chi connectivity index (χ1v) is 13.0. The number of fused-ring (bicyclic) bond motifs is 16. The molecular weight excluding hydrogens is 619 g/mol. The molecule has 6 aliphatic rings. The Bertz CT molecular complexity index is 941. The van der Waals surface area contributed by atoms with Gasteiger partial charge in [-0.05, 0) is 0 Å². The van der Waals surface area contributed by atoms with Crippen LogP contribution in [0.15, 0.2) is 20.1 Å². The molecule has 2 aliphatic heterocycles. The summed E-state index contributed by atoms with van der Waals surface area (Å²) in [5, 5.41) is 0.472. The van der Waals surface area contributed by atoms with Crippen molar-refractivity contribution in [1.29, 1.82) is 0 Å². The summed E-state index contributed by atoms with van der Waals surface area (Å²) in [5.41, 5.74) is 0. The summed E-state index contributed by atoms with van der Waals surface area (Å²) in [6, 6.07) is 0. The average molecular weight is 631 g/mol. The highest BCUT2D eigenvalue weighted by Gasteiger charge is 2.96. The molecule has 13 heteroatoms. The highest BCUT2D eigenvalue weighted by Crippen LogP contribution is 2.86. The van der Waals surface area contributed by atoms with Gasteiger partial charge in [-0.25, -0.2) is 0 Å². The van der Waals surface area contributed by atoms with Crippen LogP contribution in [-0.2, 0) is 14.2 Å². The van der Waals surface area contributed by atoms with Crippen LogP contribution in [0.25, 0.3) is 0 Å². The zero-order valence-corrected chi connectivity index (χ0v) is 23.0. The van der Waals surface area contributed by atoms with Crippen molar-refractivity contribution in [3.8, 4) is 0 Å². The van der Waals surface area contributed by atoms with Gasteiger partial charge in [0.1, 0.15) is 19.5 Å². The molecule has 31 heavy (non-hydrogen) atoms. The van der Waals surface area contributed by atoms with Crippen molar-refractivity contribution in [3.05, 3.63) is 20.1 Å². The van der Waals surface area contributed by atoms with Gasteiger partial charge in [0.2, 0.25) is 5.79 Å². The second-order valence-electron chi connectivity index (χ2n) is 8.87. The molecule has 4 fully saturated rings. The molecule has 0 aromatic rings. The van der Waals surface area contributed by atoms with Crippen LogP contribution < -0.4 is 0 Å². The second kappa shape index (κ2) is 6.21. The highest BCUT2D eigenvalue weighted by atomic mass is 35.5. The molecule has 172 valence electrons. The van der Waals surface area contributed by atoms with Gasteiger partial charge < -0.3 is 14.2 Å². The predicted molar refractivity (Wildman–Crippen MR) is 126 cm³/mol. The summed E-state index contributed by atoms with van der Waals surface area (Å²) in [5.74, 6) is -3.62. The number of halogens is 10. The van der Waals surface area contributed by atoms with Crippen LogP contribution in [0, 0.1) is 23.7 Å². The maximum atomic E-state index is 7.26. The zero-order valence-electron chi connectivity index (χ0n) is 15.5. The summed E-state index contributed by atoms with van der Waals surface area (Å²) < 4.78 is 16.4. The van der Waals surface area contributed by atoms with Crippen LogP contribution >= 0.6 is 116 Å². The third-order valence-corrected chi connectivity index (χ3v) is 15.4. The Balaban J connectivity index is 1.62. The fourth-order valence-corrected chi connectivity index (χ4v) is 12.9. The first-order chi connectivity index (χ1) is 14.2. The van der Waals surface area contributed by atoms with E-state index in [2.05, 4.69) is 0 Å². The fraction of sp³-hybridized carbons (Fsp3) is 0.778. The Morgan fingerprint density at radius 3 is 1.19 bits per heavy atom. The van der Waals surface area contributed by atoms with Crippen LogP contribution in [-0.4, -0.2) is 56.0 Å². The number of hydrogen-bond acceptors (Lipinski definition) is 3. The minimum Gasteiger partial charge on any atom is -0.373 e. The molecule has 2 heterocycles. The molecule has 4 aliphatic carbocycles. The fourth-order valence-electron chi connectivity index (χ4n) is 7.53. The molecule has 0 aromatic heterocycles. The maximum absolute atomic E-state index is 7.26. The molecule has 10 atom stereocenters. The molecule has 0 radical (unpaired) electrons. The quantitative estimate of drug-likeness (QED) is 0.250. The number of alkyl halides is 6. The Morgan fingerprint density at radius 1 is 0.581 bits per heavy atom. The molecule has 0 N–H and O–H groups in total. The van der Waals surface area contributed by atoms with E-state index < -0.39 is 65.5 Å². The van der Waals surface area contributed by atoms with Gasteiger partial charge in [-0.15, -0.1) is 46.4 Å². The van der Waals surface area contributed by atoms with E-state index in [4.69, 9.17) is 130 Å². The number of methoxy groups -OCH3 is 2. The van der Waals surface area contributed by atoms with Crippen LogP contribution in [0.5, 0.6) is 0 Å². The number of allylic oxidation sites excluding steroid dienone is 2. The van der Waals surface area contributed by atoms with Gasteiger partial charge in [0, 0.05) is 37.9 Å². The van der Waals surface area contributed by atoms with Crippen LogP contribution in [0.4, 0.5) is 0 Å². The molecule has 0 unspecified atom stereocenters. The van der Waals surface area contributed by atoms with E-state index >= 15 is 0 Å². The van der Waals surface area contributed by atoms with Crippen molar-refractivity contribution >= 4 is 116 Å². The van der Waals surface area contributed by atoms with Crippen LogP contribution in [0.1, 0.15) is 0 Å². The molecule has 0 aromatic carbocycles. The lowest BCUT2D eigenvalue weighted by Gasteiger charge is -2.46. The first kappa shape index (κ1) is 23.6. The van der Waals surface area contributed by atoms with E-state index in [9.17, 15) is 0 Å². The van der Waals surface area contributed by atoms with E-state index in [1.807, 2.05) is 0 Å².